The van der Waals surface area contributed by atoms with Crippen molar-refractivity contribution in [1.82, 2.24) is 0 Å². The van der Waals surface area contributed by atoms with Crippen LogP contribution in [0, 0.1) is 35.0 Å². The lowest BCUT2D eigenvalue weighted by atomic mass is 9.62. The molecular formula is C22H40O2. The van der Waals surface area contributed by atoms with Crippen LogP contribution in [0.1, 0.15) is 92.9 Å². The minimum absolute atomic E-state index is 0.251. The Morgan fingerprint density at radius 2 is 1.79 bits per heavy atom. The van der Waals surface area contributed by atoms with E-state index in [4.69, 9.17) is 0 Å². The molecule has 0 aromatic carbocycles. The second kappa shape index (κ2) is 7.48. The highest BCUT2D eigenvalue weighted by atomic mass is 16.3. The molecule has 0 aromatic rings. The molecule has 24 heavy (non-hydrogen) atoms. The highest BCUT2D eigenvalue weighted by Crippen LogP contribution is 2.57. The minimum atomic E-state index is -0.539. The molecule has 0 spiro atoms. The SMILES string of the molecule is CC(C)C(O)(CCC[C@@H](C)C1CCC2C(=O)CCC[C@@]21C)C(C)C. The van der Waals surface area contributed by atoms with Crippen LogP contribution in [0.25, 0.3) is 0 Å². The van der Waals surface area contributed by atoms with Gasteiger partial charge in [-0.2, -0.15) is 0 Å². The molecule has 0 aromatic heterocycles. The van der Waals surface area contributed by atoms with Crippen molar-refractivity contribution < 1.29 is 9.90 Å². The first kappa shape index (κ1) is 19.9. The Hall–Kier alpha value is -0.370. The maximum Gasteiger partial charge on any atom is 0.136 e. The van der Waals surface area contributed by atoms with E-state index in [0.29, 0.717) is 35.4 Å². The summed E-state index contributed by atoms with van der Waals surface area (Å²) >= 11 is 0. The molecule has 140 valence electrons. The van der Waals surface area contributed by atoms with Crippen LogP contribution in [0.15, 0.2) is 0 Å². The smallest absolute Gasteiger partial charge is 0.136 e. The topological polar surface area (TPSA) is 37.3 Å². The summed E-state index contributed by atoms with van der Waals surface area (Å²) in [6.07, 6.45) is 8.67. The minimum Gasteiger partial charge on any atom is -0.389 e. The molecule has 2 heteroatoms. The molecule has 0 amide bonds. The zero-order chi connectivity index (χ0) is 18.1. The predicted octanol–water partition coefficient (Wildman–Crippen LogP) is 5.62. The Morgan fingerprint density at radius 1 is 1.17 bits per heavy atom. The number of carbonyl (C=O) groups excluding carboxylic acids is 1. The van der Waals surface area contributed by atoms with Gasteiger partial charge in [0.1, 0.15) is 5.78 Å². The lowest BCUT2D eigenvalue weighted by Gasteiger charge is -2.42. The van der Waals surface area contributed by atoms with Gasteiger partial charge in [-0.05, 0) is 61.2 Å². The second-order valence-corrected chi connectivity index (χ2v) is 9.73. The lowest BCUT2D eigenvalue weighted by molar-refractivity contribution is -0.130. The first-order valence-electron chi connectivity index (χ1n) is 10.4. The number of rotatable bonds is 7. The van der Waals surface area contributed by atoms with E-state index in [0.717, 1.165) is 32.1 Å². The van der Waals surface area contributed by atoms with Crippen molar-refractivity contribution >= 4 is 5.78 Å². The molecular weight excluding hydrogens is 296 g/mol. The standard InChI is InChI=1S/C22H40O2/c1-15(2)22(24,16(3)4)14-7-9-17(5)18-11-12-19-20(23)10-8-13-21(18,19)6/h15-19,24H,7-14H2,1-6H3/t17-,18?,19?,21-/m1/s1. The number of hydrogen-bond acceptors (Lipinski definition) is 2. The van der Waals surface area contributed by atoms with E-state index in [-0.39, 0.29) is 5.41 Å². The van der Waals surface area contributed by atoms with Crippen molar-refractivity contribution in [3.05, 3.63) is 0 Å². The summed E-state index contributed by atoms with van der Waals surface area (Å²) in [5.41, 5.74) is -0.288. The van der Waals surface area contributed by atoms with E-state index >= 15 is 0 Å². The summed E-state index contributed by atoms with van der Waals surface area (Å²) in [5.74, 6) is 2.83. The van der Waals surface area contributed by atoms with Gasteiger partial charge in [-0.3, -0.25) is 4.79 Å². The number of ketones is 1. The zero-order valence-corrected chi connectivity index (χ0v) is 16.9. The lowest BCUT2D eigenvalue weighted by Crippen LogP contribution is -2.41. The van der Waals surface area contributed by atoms with Crippen molar-refractivity contribution in [3.63, 3.8) is 0 Å². The summed E-state index contributed by atoms with van der Waals surface area (Å²) in [4.78, 5) is 12.3. The molecule has 2 nitrogen and oxygen atoms in total. The number of fused-ring (bicyclic) bond motifs is 1. The van der Waals surface area contributed by atoms with Gasteiger partial charge in [-0.15, -0.1) is 0 Å². The molecule has 0 saturated heterocycles. The van der Waals surface area contributed by atoms with Gasteiger partial charge in [0.15, 0.2) is 0 Å². The maximum atomic E-state index is 12.3. The molecule has 0 heterocycles. The quantitative estimate of drug-likeness (QED) is 0.655. The van der Waals surface area contributed by atoms with Gasteiger partial charge >= 0.3 is 0 Å². The number of hydrogen-bond donors (Lipinski definition) is 1. The molecule has 2 fully saturated rings. The van der Waals surface area contributed by atoms with Crippen LogP contribution in [-0.2, 0) is 4.79 Å². The summed E-state index contributed by atoms with van der Waals surface area (Å²) in [7, 11) is 0. The van der Waals surface area contributed by atoms with Crippen molar-refractivity contribution in [3.8, 4) is 0 Å². The monoisotopic (exact) mass is 336 g/mol. The van der Waals surface area contributed by atoms with Crippen molar-refractivity contribution in [1.29, 1.82) is 0 Å². The molecule has 2 unspecified atom stereocenters. The zero-order valence-electron chi connectivity index (χ0n) is 16.9. The fourth-order valence-electron chi connectivity index (χ4n) is 6.06. The van der Waals surface area contributed by atoms with Crippen LogP contribution < -0.4 is 0 Å². The van der Waals surface area contributed by atoms with Crippen LogP contribution in [0.3, 0.4) is 0 Å². The largest absolute Gasteiger partial charge is 0.389 e. The predicted molar refractivity (Wildman–Crippen MR) is 101 cm³/mol. The molecule has 2 rings (SSSR count). The first-order valence-corrected chi connectivity index (χ1v) is 10.4. The van der Waals surface area contributed by atoms with Crippen LogP contribution in [-0.4, -0.2) is 16.5 Å². The highest BCUT2D eigenvalue weighted by molar-refractivity contribution is 5.83. The highest BCUT2D eigenvalue weighted by Gasteiger charge is 2.52. The van der Waals surface area contributed by atoms with Gasteiger partial charge in [0.25, 0.3) is 0 Å². The van der Waals surface area contributed by atoms with E-state index in [1.807, 2.05) is 0 Å². The van der Waals surface area contributed by atoms with Gasteiger partial charge in [0.2, 0.25) is 0 Å². The molecule has 4 atom stereocenters. The van der Waals surface area contributed by atoms with Gasteiger partial charge in [0, 0.05) is 12.3 Å². The van der Waals surface area contributed by atoms with E-state index in [1.54, 1.807) is 0 Å². The normalized spacial score (nSPS) is 32.5. The summed E-state index contributed by atoms with van der Waals surface area (Å²) in [6.45, 7) is 13.3. The Kier molecular flexibility index (Phi) is 6.21. The van der Waals surface area contributed by atoms with Gasteiger partial charge in [-0.1, -0.05) is 54.4 Å². The number of aliphatic hydroxyl groups is 1. The number of Topliss-reactive ketones (excluding diaryl/α,β-unsaturated/α-hetero) is 1. The van der Waals surface area contributed by atoms with Crippen LogP contribution in [0.2, 0.25) is 0 Å². The summed E-state index contributed by atoms with van der Waals surface area (Å²) in [6, 6.07) is 0. The molecule has 0 radical (unpaired) electrons. The first-order chi connectivity index (χ1) is 11.1. The molecule has 0 bridgehead atoms. The average Bonchev–Trinajstić information content (AvgIpc) is 2.85. The van der Waals surface area contributed by atoms with Gasteiger partial charge in [-0.25, -0.2) is 0 Å². The van der Waals surface area contributed by atoms with Crippen molar-refractivity contribution in [2.45, 2.75) is 98.5 Å². The third kappa shape index (κ3) is 3.59. The Labute approximate surface area is 149 Å². The molecule has 2 aliphatic carbocycles. The third-order valence-electron chi connectivity index (χ3n) is 7.86. The maximum absolute atomic E-state index is 12.3. The third-order valence-corrected chi connectivity index (χ3v) is 7.86. The second-order valence-electron chi connectivity index (χ2n) is 9.73. The van der Waals surface area contributed by atoms with E-state index in [9.17, 15) is 9.90 Å². The Morgan fingerprint density at radius 3 is 2.38 bits per heavy atom. The molecule has 1 N–H and O–H groups in total. The van der Waals surface area contributed by atoms with E-state index in [1.165, 1.54) is 19.3 Å². The van der Waals surface area contributed by atoms with Crippen LogP contribution >= 0.6 is 0 Å². The summed E-state index contributed by atoms with van der Waals surface area (Å²) < 4.78 is 0. The van der Waals surface area contributed by atoms with Crippen LogP contribution in [0.4, 0.5) is 0 Å². The van der Waals surface area contributed by atoms with Crippen molar-refractivity contribution in [2.75, 3.05) is 0 Å². The van der Waals surface area contributed by atoms with Crippen molar-refractivity contribution in [2.24, 2.45) is 35.0 Å². The van der Waals surface area contributed by atoms with Gasteiger partial charge in [0.05, 0.1) is 5.60 Å². The molecule has 0 aliphatic heterocycles. The average molecular weight is 337 g/mol. The summed E-state index contributed by atoms with van der Waals surface area (Å²) in [5, 5.41) is 11.0. The Balaban J connectivity index is 1.93. The van der Waals surface area contributed by atoms with E-state index in [2.05, 4.69) is 41.5 Å². The van der Waals surface area contributed by atoms with Crippen LogP contribution in [0.5, 0.6) is 0 Å². The fourth-order valence-corrected chi connectivity index (χ4v) is 6.06. The molecule has 2 aliphatic rings. The van der Waals surface area contributed by atoms with E-state index < -0.39 is 5.60 Å². The Bertz CT molecular complexity index is 431. The fraction of sp³-hybridized carbons (Fsp3) is 0.955. The molecule has 2 saturated carbocycles. The van der Waals surface area contributed by atoms with Gasteiger partial charge < -0.3 is 5.11 Å². The number of carbonyl (C=O) groups is 1.